The Morgan fingerprint density at radius 1 is 1.06 bits per heavy atom. The van der Waals surface area contributed by atoms with E-state index in [-0.39, 0.29) is 22.2 Å². The van der Waals surface area contributed by atoms with Gasteiger partial charge in [0.05, 0.1) is 10.6 Å². The maximum absolute atomic E-state index is 13.3. The molecule has 0 unspecified atom stereocenters. The third-order valence-electron chi connectivity index (χ3n) is 5.54. The van der Waals surface area contributed by atoms with Crippen molar-refractivity contribution in [3.63, 3.8) is 0 Å². The van der Waals surface area contributed by atoms with Crippen LogP contribution in [0.4, 0.5) is 4.39 Å². The van der Waals surface area contributed by atoms with E-state index in [1.807, 2.05) is 17.7 Å². The predicted octanol–water partition coefficient (Wildman–Crippen LogP) is 5.82. The summed E-state index contributed by atoms with van der Waals surface area (Å²) in [7, 11) is 0. The summed E-state index contributed by atoms with van der Waals surface area (Å²) in [6, 6.07) is 11.1. The van der Waals surface area contributed by atoms with Crippen molar-refractivity contribution in [1.29, 1.82) is 0 Å². The average molecular weight is 551 g/mol. The number of ether oxygens (including phenoxy) is 1. The highest BCUT2D eigenvalue weighted by molar-refractivity contribution is 7.98. The first-order valence-corrected chi connectivity index (χ1v) is 13.2. The molecule has 2 aromatic carbocycles. The first kappa shape index (κ1) is 27.8. The largest absolute Gasteiger partial charge is 0.456 e. The summed E-state index contributed by atoms with van der Waals surface area (Å²) in [5.74, 6) is -1.43. The van der Waals surface area contributed by atoms with Gasteiger partial charge >= 0.3 is 5.97 Å². The van der Waals surface area contributed by atoms with E-state index >= 15 is 0 Å². The zero-order valence-electron chi connectivity index (χ0n) is 19.9. The summed E-state index contributed by atoms with van der Waals surface area (Å²) in [6.45, 7) is 3.11. The van der Waals surface area contributed by atoms with Gasteiger partial charge in [-0.15, -0.1) is 0 Å². The number of thioether (sulfide) groups is 1. The number of Topliss-reactive ketones (excluding diaryl/α,β-unsaturated/α-hetero) is 1. The lowest BCUT2D eigenvalue weighted by Crippen LogP contribution is -2.42. The molecule has 1 atom stereocenters. The van der Waals surface area contributed by atoms with Gasteiger partial charge in [0, 0.05) is 27.7 Å². The third kappa shape index (κ3) is 6.69. The molecule has 190 valence electrons. The lowest BCUT2D eigenvalue weighted by Gasteiger charge is -2.18. The zero-order chi connectivity index (χ0) is 26.4. The van der Waals surface area contributed by atoms with Gasteiger partial charge in [0.1, 0.15) is 11.9 Å². The number of nitrogens with one attached hydrogen (secondary N) is 1. The summed E-state index contributed by atoms with van der Waals surface area (Å²) in [4.78, 5) is 38.4. The van der Waals surface area contributed by atoms with Crippen LogP contribution in [0, 0.1) is 19.7 Å². The van der Waals surface area contributed by atoms with Crippen LogP contribution in [0.5, 0.6) is 0 Å². The fraction of sp³-hybridized carbons (Fsp3) is 0.269. The zero-order valence-corrected chi connectivity index (χ0v) is 22.3. The molecule has 0 fully saturated rings. The lowest BCUT2D eigenvalue weighted by atomic mass is 10.1. The van der Waals surface area contributed by atoms with Crippen LogP contribution in [0.1, 0.15) is 38.5 Å². The van der Waals surface area contributed by atoms with Crippen molar-refractivity contribution in [3.8, 4) is 5.69 Å². The van der Waals surface area contributed by atoms with Crippen LogP contribution in [-0.4, -0.2) is 46.9 Å². The number of carbonyl (C=O) groups is 3. The Balaban J connectivity index is 1.70. The molecule has 1 amide bonds. The number of aryl methyl sites for hydroxylation is 1. The minimum absolute atomic E-state index is 0.156. The molecule has 6 nitrogen and oxygen atoms in total. The highest BCUT2D eigenvalue weighted by Gasteiger charge is 2.25. The fourth-order valence-electron chi connectivity index (χ4n) is 3.74. The number of nitrogens with zero attached hydrogens (tertiary/aromatic N) is 1. The number of ketones is 1. The Morgan fingerprint density at radius 3 is 2.39 bits per heavy atom. The molecule has 0 bridgehead atoms. The molecule has 10 heteroatoms. The van der Waals surface area contributed by atoms with Crippen molar-refractivity contribution in [1.82, 2.24) is 9.88 Å². The number of esters is 1. The van der Waals surface area contributed by atoms with Crippen molar-refractivity contribution in [2.45, 2.75) is 26.3 Å². The molecular weight excluding hydrogens is 526 g/mol. The number of hydrogen-bond donors (Lipinski definition) is 1. The Kier molecular flexibility index (Phi) is 9.59. The van der Waals surface area contributed by atoms with Gasteiger partial charge in [-0.1, -0.05) is 23.2 Å². The molecule has 0 aliphatic rings. The highest BCUT2D eigenvalue weighted by Crippen LogP contribution is 2.23. The molecule has 36 heavy (non-hydrogen) atoms. The van der Waals surface area contributed by atoms with Crippen molar-refractivity contribution < 1.29 is 23.5 Å². The lowest BCUT2D eigenvalue weighted by molar-refractivity contribution is -0.144. The maximum Gasteiger partial charge on any atom is 0.329 e. The second kappa shape index (κ2) is 12.4. The number of amides is 1. The summed E-state index contributed by atoms with van der Waals surface area (Å²) in [5, 5.41) is 3.18. The molecule has 0 spiro atoms. The Morgan fingerprint density at radius 2 is 1.75 bits per heavy atom. The molecule has 3 aromatic rings. The molecule has 0 saturated heterocycles. The van der Waals surface area contributed by atoms with E-state index in [9.17, 15) is 18.8 Å². The quantitative estimate of drug-likeness (QED) is 0.254. The Bertz CT molecular complexity index is 1280. The molecule has 0 radical (unpaired) electrons. The van der Waals surface area contributed by atoms with Gasteiger partial charge in [-0.25, -0.2) is 9.18 Å². The SMILES string of the molecule is CSCC[C@@H](NC(=O)c1ccc(Cl)cc1Cl)C(=O)OCC(=O)c1cc(C)n(-c2ccc(F)cc2)c1C. The van der Waals surface area contributed by atoms with E-state index in [1.54, 1.807) is 25.1 Å². The first-order valence-electron chi connectivity index (χ1n) is 11.0. The van der Waals surface area contributed by atoms with Crippen molar-refractivity contribution in [2.24, 2.45) is 0 Å². The topological polar surface area (TPSA) is 77.4 Å². The van der Waals surface area contributed by atoms with Crippen LogP contribution in [0.25, 0.3) is 5.69 Å². The monoisotopic (exact) mass is 550 g/mol. The molecular formula is C26H25Cl2FN2O4S. The number of carbonyl (C=O) groups excluding carboxylic acids is 3. The molecule has 0 saturated carbocycles. The Labute approximate surface area is 223 Å². The minimum Gasteiger partial charge on any atom is -0.456 e. The third-order valence-corrected chi connectivity index (χ3v) is 6.73. The summed E-state index contributed by atoms with van der Waals surface area (Å²) in [5.41, 5.74) is 2.70. The van der Waals surface area contributed by atoms with E-state index in [4.69, 9.17) is 27.9 Å². The Hall–Kier alpha value is -2.81. The second-order valence-corrected chi connectivity index (χ2v) is 9.89. The van der Waals surface area contributed by atoms with Gasteiger partial charge in [0.15, 0.2) is 6.61 Å². The summed E-state index contributed by atoms with van der Waals surface area (Å²) >= 11 is 13.5. The number of rotatable bonds is 10. The van der Waals surface area contributed by atoms with Crippen LogP contribution in [0.2, 0.25) is 10.0 Å². The average Bonchev–Trinajstić information content (AvgIpc) is 3.14. The summed E-state index contributed by atoms with van der Waals surface area (Å²) in [6.07, 6.45) is 2.19. The molecule has 1 N–H and O–H groups in total. The van der Waals surface area contributed by atoms with Crippen LogP contribution in [0.3, 0.4) is 0 Å². The minimum atomic E-state index is -0.962. The van der Waals surface area contributed by atoms with E-state index < -0.39 is 24.5 Å². The highest BCUT2D eigenvalue weighted by atomic mass is 35.5. The van der Waals surface area contributed by atoms with Crippen LogP contribution in [0.15, 0.2) is 48.5 Å². The van der Waals surface area contributed by atoms with E-state index in [0.717, 1.165) is 5.69 Å². The molecule has 0 aliphatic heterocycles. The number of hydrogen-bond acceptors (Lipinski definition) is 5. The van der Waals surface area contributed by atoms with Gasteiger partial charge in [0.25, 0.3) is 5.91 Å². The van der Waals surface area contributed by atoms with Gasteiger partial charge in [0.2, 0.25) is 5.78 Å². The molecule has 0 aliphatic carbocycles. The normalized spacial score (nSPS) is 11.7. The second-order valence-electron chi connectivity index (χ2n) is 8.06. The van der Waals surface area contributed by atoms with Crippen LogP contribution >= 0.6 is 35.0 Å². The predicted molar refractivity (Wildman–Crippen MR) is 141 cm³/mol. The molecule has 1 heterocycles. The number of halogens is 3. The van der Waals surface area contributed by atoms with Crippen LogP contribution in [-0.2, 0) is 9.53 Å². The fourth-order valence-corrected chi connectivity index (χ4v) is 4.71. The van der Waals surface area contributed by atoms with Gasteiger partial charge < -0.3 is 14.6 Å². The van der Waals surface area contributed by atoms with E-state index in [1.165, 1.54) is 42.1 Å². The molecule has 3 rings (SSSR count). The standard InChI is InChI=1S/C26H25Cl2FN2O4S/c1-15-12-21(16(2)31(15)19-7-5-18(29)6-8-19)24(32)14-35-26(34)23(10-11-36-3)30-25(33)20-9-4-17(27)13-22(20)28/h4-9,12-13,23H,10-11,14H2,1-3H3,(H,30,33)/t23-/m1/s1. The number of aromatic nitrogens is 1. The van der Waals surface area contributed by atoms with E-state index in [2.05, 4.69) is 5.32 Å². The van der Waals surface area contributed by atoms with Crippen molar-refractivity contribution >= 4 is 52.6 Å². The van der Waals surface area contributed by atoms with Gasteiger partial charge in [-0.2, -0.15) is 11.8 Å². The van der Waals surface area contributed by atoms with Gasteiger partial charge in [-0.3, -0.25) is 9.59 Å². The summed E-state index contributed by atoms with van der Waals surface area (Å²) < 4.78 is 20.4. The van der Waals surface area contributed by atoms with Crippen molar-refractivity contribution in [3.05, 3.63) is 86.9 Å². The molecule has 1 aromatic heterocycles. The van der Waals surface area contributed by atoms with Crippen molar-refractivity contribution in [2.75, 3.05) is 18.6 Å². The maximum atomic E-state index is 13.3. The smallest absolute Gasteiger partial charge is 0.329 e. The van der Waals surface area contributed by atoms with Crippen LogP contribution < -0.4 is 5.32 Å². The number of benzene rings is 2. The van der Waals surface area contributed by atoms with Gasteiger partial charge in [-0.05, 0) is 80.8 Å². The first-order chi connectivity index (χ1) is 17.1. The van der Waals surface area contributed by atoms with E-state index in [0.29, 0.717) is 34.1 Å².